The molecular formula is C11H34I2. The van der Waals surface area contributed by atoms with Crippen LogP contribution in [-0.4, -0.2) is 7.35 Å². The summed E-state index contributed by atoms with van der Waals surface area (Å²) in [5.74, 6) is 0. The summed E-state index contributed by atoms with van der Waals surface area (Å²) in [6, 6.07) is 0. The van der Waals surface area contributed by atoms with E-state index in [9.17, 15) is 0 Å². The topological polar surface area (TPSA) is 0 Å². The summed E-state index contributed by atoms with van der Waals surface area (Å²) >= 11 is 4.90. The van der Waals surface area contributed by atoms with E-state index in [1.807, 2.05) is 0 Å². The maximum absolute atomic E-state index is 2.46. The summed E-state index contributed by atoms with van der Waals surface area (Å²) in [6.45, 7) is 6.71. The summed E-state index contributed by atoms with van der Waals surface area (Å²) in [6.07, 6.45) is 0. The molecule has 2 heteroatoms. The van der Waals surface area contributed by atoms with Crippen molar-refractivity contribution in [2.24, 2.45) is 0 Å². The third kappa shape index (κ3) is 31.8. The highest BCUT2D eigenvalue weighted by Gasteiger charge is 2.17. The zero-order chi connectivity index (χ0) is 6.08. The lowest BCUT2D eigenvalue weighted by molar-refractivity contribution is 0.758. The van der Waals surface area contributed by atoms with Crippen LogP contribution in [0.1, 0.15) is 65.3 Å². The average Bonchev–Trinajstić information content (AvgIpc) is 1.31. The largest absolute Gasteiger partial charge is 0.0815 e. The fourth-order valence-electron chi connectivity index (χ4n) is 0. The third-order valence-electron chi connectivity index (χ3n) is 0.946. The molecule has 0 N–H and O–H groups in total. The highest BCUT2D eigenvalue weighted by Crippen LogP contribution is 2.26. The van der Waals surface area contributed by atoms with Crippen molar-refractivity contribution in [1.29, 1.82) is 0 Å². The molecule has 0 aliphatic carbocycles. The lowest BCUT2D eigenvalue weighted by atomic mass is 10.2. The molecule has 0 radical (unpaired) electrons. The van der Waals surface area contributed by atoms with Gasteiger partial charge in [0, 0.05) is 7.35 Å². The van der Waals surface area contributed by atoms with Crippen molar-refractivity contribution < 1.29 is 0 Å². The third-order valence-corrected chi connectivity index (χ3v) is 4.63. The van der Waals surface area contributed by atoms with Crippen molar-refractivity contribution in [3.05, 3.63) is 0 Å². The molecule has 0 amide bonds. The first-order valence-electron chi connectivity index (χ1n) is 2.27. The Kier molecular flexibility index (Phi) is 69.2. The second-order valence-corrected chi connectivity index (χ2v) is 6.83. The van der Waals surface area contributed by atoms with Gasteiger partial charge in [0.05, 0.1) is 0 Å². The van der Waals surface area contributed by atoms with Crippen LogP contribution in [0.5, 0.6) is 0 Å². The molecule has 13 heavy (non-hydrogen) atoms. The van der Waals surface area contributed by atoms with E-state index in [0.717, 1.165) is 3.92 Å². The molecule has 0 fully saturated rings. The zero-order valence-electron chi connectivity index (χ0n) is 4.83. The van der Waals surface area contributed by atoms with Crippen LogP contribution < -0.4 is 0 Å². The predicted molar refractivity (Wildman–Crippen MR) is 92.0 cm³/mol. The minimum atomic E-state index is 0. The normalized spacial score (nSPS) is 9.00. The Hall–Kier alpha value is 1.46. The van der Waals surface area contributed by atoms with E-state index in [-0.39, 0.29) is 44.6 Å². The number of hydrogen-bond donors (Lipinski definition) is 0. The lowest BCUT2D eigenvalue weighted by Gasteiger charge is -2.18. The lowest BCUT2D eigenvalue weighted by Crippen LogP contribution is -2.19. The van der Waals surface area contributed by atoms with Crippen molar-refractivity contribution in [2.75, 3.05) is 0 Å². The van der Waals surface area contributed by atoms with E-state index in [4.69, 9.17) is 0 Å². The van der Waals surface area contributed by atoms with Crippen molar-refractivity contribution in [1.82, 2.24) is 0 Å². The van der Waals surface area contributed by atoms with Crippen LogP contribution in [0.4, 0.5) is 0 Å². The maximum atomic E-state index is 2.46. The van der Waals surface area contributed by atoms with Crippen molar-refractivity contribution in [3.8, 4) is 0 Å². The molecule has 0 aliphatic heterocycles. The Morgan fingerprint density at radius 1 is 0.846 bits per heavy atom. The van der Waals surface area contributed by atoms with Crippen LogP contribution in [0.25, 0.3) is 0 Å². The second kappa shape index (κ2) is 19.1. The van der Waals surface area contributed by atoms with Crippen LogP contribution in [0.3, 0.4) is 0 Å². The van der Waals surface area contributed by atoms with Crippen LogP contribution in [0.15, 0.2) is 0 Å². The monoisotopic (exact) mass is 420 g/mol. The van der Waals surface area contributed by atoms with Crippen LogP contribution >= 0.6 is 45.2 Å². The van der Waals surface area contributed by atoms with Gasteiger partial charge in [-0.05, 0) is 13.8 Å². The van der Waals surface area contributed by atoms with E-state index < -0.39 is 0 Å². The molecule has 0 nitrogen and oxygen atoms in total. The van der Waals surface area contributed by atoms with Crippen molar-refractivity contribution in [3.63, 3.8) is 0 Å². The molecule has 0 saturated carbocycles. The first kappa shape index (κ1) is 47.1. The summed E-state index contributed by atoms with van der Waals surface area (Å²) in [4.78, 5) is 0. The highest BCUT2D eigenvalue weighted by molar-refractivity contribution is 14.1. The van der Waals surface area contributed by atoms with Gasteiger partial charge in [-0.15, -0.1) is 0 Å². The van der Waals surface area contributed by atoms with Gasteiger partial charge < -0.3 is 0 Å². The molecule has 0 spiro atoms. The van der Waals surface area contributed by atoms with E-state index in [1.165, 1.54) is 0 Å². The maximum Gasteiger partial charge on any atom is 0.0280 e. The molecule has 92 valence electrons. The van der Waals surface area contributed by atoms with Gasteiger partial charge in [-0.2, -0.15) is 0 Å². The van der Waals surface area contributed by atoms with E-state index in [2.05, 4.69) is 66.0 Å². The zero-order valence-corrected chi connectivity index (χ0v) is 9.15. The molecule has 0 aliphatic rings. The van der Waals surface area contributed by atoms with Gasteiger partial charge in [0.1, 0.15) is 0 Å². The van der Waals surface area contributed by atoms with Gasteiger partial charge in [0.2, 0.25) is 0 Å². The van der Waals surface area contributed by atoms with Crippen LogP contribution in [0, 0.1) is 0 Å². The first-order valence-corrected chi connectivity index (χ1v) is 4.60. The molecule has 1 atom stereocenters. The molecular weight excluding hydrogens is 386 g/mol. The Morgan fingerprint density at radius 2 is 0.923 bits per heavy atom. The molecule has 0 aromatic rings. The minimum absolute atomic E-state index is 0. The molecule has 0 saturated heterocycles. The van der Waals surface area contributed by atoms with E-state index >= 15 is 0 Å². The Labute approximate surface area is 117 Å². The van der Waals surface area contributed by atoms with E-state index in [0.29, 0.717) is 3.42 Å². The molecule has 0 bridgehead atoms. The predicted octanol–water partition coefficient (Wildman–Crippen LogP) is 6.84. The van der Waals surface area contributed by atoms with Crippen molar-refractivity contribution >= 4 is 45.2 Å². The fourth-order valence-corrected chi connectivity index (χ4v) is 0. The van der Waals surface area contributed by atoms with Crippen LogP contribution in [0.2, 0.25) is 0 Å². The number of halogens is 2. The molecule has 1 unspecified atom stereocenters. The number of alkyl halides is 2. The molecule has 0 heterocycles. The minimum Gasteiger partial charge on any atom is -0.0815 e. The Bertz CT molecular complexity index is 53.6. The molecule has 0 aromatic heterocycles. The summed E-state index contributed by atoms with van der Waals surface area (Å²) in [5, 5.41) is 0. The van der Waals surface area contributed by atoms with Gasteiger partial charge >= 0.3 is 0 Å². The Morgan fingerprint density at radius 3 is 0.923 bits per heavy atom. The van der Waals surface area contributed by atoms with Gasteiger partial charge in [-0.25, -0.2) is 0 Å². The smallest absolute Gasteiger partial charge is 0.0280 e. The SMILES string of the molecule is C.C.C.C.C.C.CC(I)C(C)(C)I. The van der Waals surface area contributed by atoms with E-state index in [1.54, 1.807) is 0 Å². The van der Waals surface area contributed by atoms with Crippen LogP contribution in [-0.2, 0) is 0 Å². The summed E-state index contributed by atoms with van der Waals surface area (Å²) in [7, 11) is 0. The van der Waals surface area contributed by atoms with Crippen molar-refractivity contribution in [2.45, 2.75) is 72.7 Å². The Balaban J connectivity index is -0.0000000120. The van der Waals surface area contributed by atoms with Gasteiger partial charge in [0.25, 0.3) is 0 Å². The van der Waals surface area contributed by atoms with Gasteiger partial charge in [-0.3, -0.25) is 0 Å². The standard InChI is InChI=1S/C5H10I2.6CH4/c1-4(6)5(2,3)7;;;;;;/h4H,1-3H3;6*1H4. The van der Waals surface area contributed by atoms with Gasteiger partial charge in [-0.1, -0.05) is 96.7 Å². The number of hydrogen-bond acceptors (Lipinski definition) is 0. The molecule has 0 rings (SSSR count). The average molecular weight is 420 g/mol. The van der Waals surface area contributed by atoms with Gasteiger partial charge in [0.15, 0.2) is 0 Å². The number of rotatable bonds is 1. The quantitative estimate of drug-likeness (QED) is 0.322. The molecule has 0 aromatic carbocycles. The highest BCUT2D eigenvalue weighted by atomic mass is 127. The summed E-state index contributed by atoms with van der Waals surface area (Å²) in [5.41, 5.74) is 0. The second-order valence-electron chi connectivity index (χ2n) is 2.18. The fraction of sp³-hybridized carbons (Fsp3) is 1.00. The summed E-state index contributed by atoms with van der Waals surface area (Å²) < 4.78 is 1.21. The first-order chi connectivity index (χ1) is 2.94.